The zero-order chi connectivity index (χ0) is 20.7. The van der Waals surface area contributed by atoms with E-state index in [2.05, 4.69) is 10.6 Å². The van der Waals surface area contributed by atoms with Crippen LogP contribution in [0.2, 0.25) is 0 Å². The fourth-order valence-electron chi connectivity index (χ4n) is 2.46. The number of hydrogen-bond donors (Lipinski definition) is 2. The van der Waals surface area contributed by atoms with Crippen molar-refractivity contribution < 1.29 is 28.8 Å². The number of nitrogens with zero attached hydrogens (tertiary/aromatic N) is 1. The van der Waals surface area contributed by atoms with Gasteiger partial charge in [-0.15, -0.1) is 0 Å². The van der Waals surface area contributed by atoms with Crippen LogP contribution in [0.1, 0.15) is 19.4 Å². The van der Waals surface area contributed by atoms with E-state index in [9.17, 15) is 24.5 Å². The molecule has 1 aromatic rings. The molecule has 1 heterocycles. The van der Waals surface area contributed by atoms with E-state index >= 15 is 0 Å². The summed E-state index contributed by atoms with van der Waals surface area (Å²) in [6.07, 6.45) is 2.56. The van der Waals surface area contributed by atoms with Gasteiger partial charge in [0.15, 0.2) is 0 Å². The molecular formula is C18H19N3O7. The number of non-ortho nitro benzene ring substituents is 1. The van der Waals surface area contributed by atoms with Crippen LogP contribution in [0.25, 0.3) is 6.08 Å². The Morgan fingerprint density at radius 2 is 1.93 bits per heavy atom. The van der Waals surface area contributed by atoms with E-state index < -0.39 is 28.9 Å². The fourth-order valence-corrected chi connectivity index (χ4v) is 2.46. The van der Waals surface area contributed by atoms with Crippen LogP contribution in [-0.4, -0.2) is 42.1 Å². The number of urea groups is 1. The number of esters is 2. The zero-order valence-electron chi connectivity index (χ0n) is 15.3. The molecule has 148 valence electrons. The van der Waals surface area contributed by atoms with Gasteiger partial charge in [0.2, 0.25) is 0 Å². The van der Waals surface area contributed by atoms with Crippen LogP contribution < -0.4 is 10.6 Å². The van der Waals surface area contributed by atoms with Gasteiger partial charge in [-0.25, -0.2) is 14.4 Å². The maximum Gasteiger partial charge on any atom is 0.338 e. The fraction of sp³-hybridized carbons (Fsp3) is 0.278. The van der Waals surface area contributed by atoms with Crippen molar-refractivity contribution in [2.24, 2.45) is 0 Å². The molecular weight excluding hydrogens is 370 g/mol. The number of carbonyl (C=O) groups excluding carboxylic acids is 3. The summed E-state index contributed by atoms with van der Waals surface area (Å²) in [4.78, 5) is 45.7. The Labute approximate surface area is 160 Å². The lowest BCUT2D eigenvalue weighted by Crippen LogP contribution is -2.50. The molecule has 0 aliphatic carbocycles. The Bertz CT molecular complexity index is 843. The molecule has 0 fully saturated rings. The van der Waals surface area contributed by atoms with Gasteiger partial charge in [-0.1, -0.05) is 0 Å². The number of nitro groups is 1. The normalized spacial score (nSPS) is 16.4. The van der Waals surface area contributed by atoms with E-state index in [1.54, 1.807) is 13.8 Å². The van der Waals surface area contributed by atoms with E-state index in [0.29, 0.717) is 5.56 Å². The third-order valence-electron chi connectivity index (χ3n) is 3.74. The highest BCUT2D eigenvalue weighted by Gasteiger charge is 2.30. The lowest BCUT2D eigenvalue weighted by atomic mass is 10.0. The summed E-state index contributed by atoms with van der Waals surface area (Å²) in [6, 6.07) is 4.47. The summed E-state index contributed by atoms with van der Waals surface area (Å²) in [7, 11) is 0. The maximum atomic E-state index is 12.1. The first-order valence-electron chi connectivity index (χ1n) is 8.38. The second-order valence-corrected chi connectivity index (χ2v) is 5.72. The summed E-state index contributed by atoms with van der Waals surface area (Å²) < 4.78 is 10.0. The molecule has 0 bridgehead atoms. The molecule has 2 amide bonds. The number of nitrogens with one attached hydrogen (secondary N) is 2. The molecule has 10 heteroatoms. The van der Waals surface area contributed by atoms with Gasteiger partial charge in [0.1, 0.15) is 6.61 Å². The number of carbonyl (C=O) groups is 3. The topological polar surface area (TPSA) is 137 Å². The molecule has 0 saturated carbocycles. The highest BCUT2D eigenvalue weighted by Crippen LogP contribution is 2.15. The Kier molecular flexibility index (Phi) is 6.85. The van der Waals surface area contributed by atoms with Crippen molar-refractivity contribution in [3.05, 3.63) is 57.3 Å². The molecule has 1 aliphatic heterocycles. The van der Waals surface area contributed by atoms with Crippen molar-refractivity contribution in [2.75, 3.05) is 13.2 Å². The number of hydrogen-bond acceptors (Lipinski definition) is 7. The number of amides is 2. The first kappa shape index (κ1) is 20.6. The molecule has 0 saturated heterocycles. The molecule has 0 unspecified atom stereocenters. The Morgan fingerprint density at radius 1 is 1.25 bits per heavy atom. The maximum absolute atomic E-state index is 12.1. The number of nitro benzene ring substituents is 1. The Balaban J connectivity index is 2.04. The van der Waals surface area contributed by atoms with Gasteiger partial charge in [0, 0.05) is 18.2 Å². The van der Waals surface area contributed by atoms with Gasteiger partial charge in [-0.2, -0.15) is 0 Å². The molecule has 0 aromatic heterocycles. The smallest absolute Gasteiger partial charge is 0.338 e. The van der Waals surface area contributed by atoms with E-state index in [4.69, 9.17) is 9.47 Å². The van der Waals surface area contributed by atoms with Crippen molar-refractivity contribution in [3.63, 3.8) is 0 Å². The van der Waals surface area contributed by atoms with Gasteiger partial charge in [0.25, 0.3) is 5.69 Å². The van der Waals surface area contributed by atoms with Gasteiger partial charge >= 0.3 is 18.0 Å². The summed E-state index contributed by atoms with van der Waals surface area (Å²) >= 11 is 0. The molecule has 1 aromatic carbocycles. The van der Waals surface area contributed by atoms with E-state index in [1.165, 1.54) is 30.3 Å². The highest BCUT2D eigenvalue weighted by molar-refractivity contribution is 5.95. The number of benzene rings is 1. The van der Waals surface area contributed by atoms with E-state index in [0.717, 1.165) is 6.08 Å². The standard InChI is InChI=1S/C18H19N3O7/c1-3-27-17(23)16-11(2)19-18(24)20-14(16)10-28-15(22)9-6-12-4-7-13(8-5-12)21(25)26/h4-9,11H,3,10H2,1-2H3,(H2,19,20,24)/b9-6+/t11-/m1/s1. The minimum atomic E-state index is -0.713. The average Bonchev–Trinajstić information content (AvgIpc) is 2.64. The van der Waals surface area contributed by atoms with Crippen LogP contribution in [-0.2, 0) is 19.1 Å². The first-order chi connectivity index (χ1) is 13.3. The Hall–Kier alpha value is -3.69. The van der Waals surface area contributed by atoms with Crippen molar-refractivity contribution in [1.29, 1.82) is 0 Å². The monoisotopic (exact) mass is 389 g/mol. The molecule has 0 spiro atoms. The molecule has 2 rings (SSSR count). The van der Waals surface area contributed by atoms with Crippen molar-refractivity contribution >= 4 is 29.7 Å². The predicted octanol–water partition coefficient (Wildman–Crippen LogP) is 1.67. The summed E-state index contributed by atoms with van der Waals surface area (Å²) in [5.74, 6) is -1.33. The molecule has 28 heavy (non-hydrogen) atoms. The zero-order valence-corrected chi connectivity index (χ0v) is 15.3. The first-order valence-corrected chi connectivity index (χ1v) is 8.38. The largest absolute Gasteiger partial charge is 0.463 e. The lowest BCUT2D eigenvalue weighted by molar-refractivity contribution is -0.384. The van der Waals surface area contributed by atoms with Crippen LogP contribution in [0.4, 0.5) is 10.5 Å². The molecule has 0 radical (unpaired) electrons. The van der Waals surface area contributed by atoms with Crippen LogP contribution >= 0.6 is 0 Å². The lowest BCUT2D eigenvalue weighted by Gasteiger charge is -2.26. The van der Waals surface area contributed by atoms with Crippen molar-refractivity contribution in [3.8, 4) is 0 Å². The minimum Gasteiger partial charge on any atom is -0.463 e. The van der Waals surface area contributed by atoms with Crippen LogP contribution in [0.15, 0.2) is 41.6 Å². The predicted molar refractivity (Wildman–Crippen MR) is 97.9 cm³/mol. The number of rotatable bonds is 7. The molecule has 10 nitrogen and oxygen atoms in total. The highest BCUT2D eigenvalue weighted by atomic mass is 16.6. The quantitative estimate of drug-likeness (QED) is 0.313. The van der Waals surface area contributed by atoms with Crippen molar-refractivity contribution in [2.45, 2.75) is 19.9 Å². The minimum absolute atomic E-state index is 0.0612. The van der Waals surface area contributed by atoms with E-state index in [-0.39, 0.29) is 30.2 Å². The third kappa shape index (κ3) is 5.40. The van der Waals surface area contributed by atoms with Crippen LogP contribution in [0.5, 0.6) is 0 Å². The molecule has 1 atom stereocenters. The summed E-state index contributed by atoms with van der Waals surface area (Å²) in [5, 5.41) is 15.6. The van der Waals surface area contributed by atoms with Crippen LogP contribution in [0, 0.1) is 10.1 Å². The second-order valence-electron chi connectivity index (χ2n) is 5.72. The van der Waals surface area contributed by atoms with Gasteiger partial charge in [-0.05, 0) is 37.6 Å². The van der Waals surface area contributed by atoms with Crippen LogP contribution in [0.3, 0.4) is 0 Å². The SMILES string of the molecule is CCOC(=O)C1=C(COC(=O)/C=C/c2ccc([N+](=O)[O-])cc2)NC(=O)N[C@@H]1C. The molecule has 1 aliphatic rings. The molecule has 2 N–H and O–H groups in total. The van der Waals surface area contributed by atoms with E-state index in [1.807, 2.05) is 0 Å². The van der Waals surface area contributed by atoms with Crippen molar-refractivity contribution in [1.82, 2.24) is 10.6 Å². The van der Waals surface area contributed by atoms with Gasteiger partial charge < -0.3 is 20.1 Å². The Morgan fingerprint density at radius 3 is 2.54 bits per heavy atom. The van der Waals surface area contributed by atoms with Gasteiger partial charge in [0.05, 0.1) is 28.8 Å². The average molecular weight is 389 g/mol. The second kappa shape index (κ2) is 9.31. The van der Waals surface area contributed by atoms with Gasteiger partial charge in [-0.3, -0.25) is 10.1 Å². The number of ether oxygens (including phenoxy) is 2. The third-order valence-corrected chi connectivity index (χ3v) is 3.74. The summed E-state index contributed by atoms with van der Waals surface area (Å²) in [6.45, 7) is 3.10. The summed E-state index contributed by atoms with van der Waals surface area (Å²) in [5.41, 5.74) is 0.826.